The summed E-state index contributed by atoms with van der Waals surface area (Å²) in [7, 11) is 0. The van der Waals surface area contributed by atoms with Crippen LogP contribution in [0.15, 0.2) is 30.3 Å². The van der Waals surface area contributed by atoms with Gasteiger partial charge in [0.15, 0.2) is 0 Å². The van der Waals surface area contributed by atoms with Gasteiger partial charge in [-0.05, 0) is 20.8 Å². The summed E-state index contributed by atoms with van der Waals surface area (Å²) < 4.78 is 5.65. The lowest BCUT2D eigenvalue weighted by Crippen LogP contribution is -2.21. The van der Waals surface area contributed by atoms with E-state index in [1.54, 1.807) is 0 Å². The average molecular weight is 291 g/mol. The van der Waals surface area contributed by atoms with Crippen LogP contribution in [0.4, 0.5) is 0 Å². The van der Waals surface area contributed by atoms with Crippen molar-refractivity contribution in [1.82, 2.24) is 4.98 Å². The molecule has 0 radical (unpaired) electrons. The van der Waals surface area contributed by atoms with Gasteiger partial charge in [-0.2, -0.15) is 0 Å². The minimum absolute atomic E-state index is 0.249. The fourth-order valence-corrected chi connectivity index (χ4v) is 2.92. The van der Waals surface area contributed by atoms with Crippen LogP contribution in [-0.2, 0) is 10.3 Å². The Morgan fingerprint density at radius 1 is 1.35 bits per heavy atom. The van der Waals surface area contributed by atoms with E-state index in [1.165, 1.54) is 11.3 Å². The van der Waals surface area contributed by atoms with E-state index in [-0.39, 0.29) is 4.88 Å². The van der Waals surface area contributed by atoms with Crippen LogP contribution in [0.3, 0.4) is 0 Å². The lowest BCUT2D eigenvalue weighted by molar-refractivity contribution is -0.0141. The molecule has 2 rings (SSSR count). The Labute approximate surface area is 122 Å². The van der Waals surface area contributed by atoms with Gasteiger partial charge in [-0.3, -0.25) is 0 Å². The number of ether oxygens (including phenoxy) is 1. The topological polar surface area (TPSA) is 59.4 Å². The molecule has 0 saturated carbocycles. The van der Waals surface area contributed by atoms with Gasteiger partial charge in [-0.25, -0.2) is 9.78 Å². The Hall–Kier alpha value is -1.72. The van der Waals surface area contributed by atoms with Crippen LogP contribution < -0.4 is 0 Å². The molecule has 0 amide bonds. The SMILES string of the molecule is CCOC(C)(C)c1nc(-c2ccccc2)c(C(=O)O)s1. The Balaban J connectivity index is 2.52. The van der Waals surface area contributed by atoms with Crippen molar-refractivity contribution in [1.29, 1.82) is 0 Å². The van der Waals surface area contributed by atoms with Crippen molar-refractivity contribution < 1.29 is 14.6 Å². The standard InChI is InChI=1S/C15H17NO3S/c1-4-19-15(2,3)14-16-11(12(20-14)13(17)18)10-8-6-5-7-9-10/h5-9H,4H2,1-3H3,(H,17,18). The largest absolute Gasteiger partial charge is 0.477 e. The highest BCUT2D eigenvalue weighted by Crippen LogP contribution is 2.35. The summed E-state index contributed by atoms with van der Waals surface area (Å²) in [6.45, 7) is 6.26. The van der Waals surface area contributed by atoms with Gasteiger partial charge in [0, 0.05) is 12.2 Å². The highest BCUT2D eigenvalue weighted by molar-refractivity contribution is 7.14. The second-order valence-electron chi connectivity index (χ2n) is 4.81. The molecule has 2 aromatic rings. The van der Waals surface area contributed by atoms with E-state index in [2.05, 4.69) is 4.98 Å². The van der Waals surface area contributed by atoms with E-state index >= 15 is 0 Å². The molecule has 0 saturated heterocycles. The predicted octanol–water partition coefficient (Wildman–Crippen LogP) is 3.78. The molecule has 0 unspecified atom stereocenters. The summed E-state index contributed by atoms with van der Waals surface area (Å²) in [5.74, 6) is -0.958. The van der Waals surface area contributed by atoms with Gasteiger partial charge in [0.05, 0.1) is 5.69 Å². The minimum Gasteiger partial charge on any atom is -0.477 e. The molecule has 5 heteroatoms. The number of aromatic nitrogens is 1. The molecular weight excluding hydrogens is 274 g/mol. The van der Waals surface area contributed by atoms with E-state index < -0.39 is 11.6 Å². The minimum atomic E-state index is -0.958. The molecule has 4 nitrogen and oxygen atoms in total. The predicted molar refractivity (Wildman–Crippen MR) is 79.2 cm³/mol. The molecule has 0 aliphatic heterocycles. The van der Waals surface area contributed by atoms with E-state index in [0.29, 0.717) is 17.3 Å². The second-order valence-corrected chi connectivity index (χ2v) is 5.81. The molecule has 106 valence electrons. The monoisotopic (exact) mass is 291 g/mol. The maximum Gasteiger partial charge on any atom is 0.348 e. The number of hydrogen-bond acceptors (Lipinski definition) is 4. The summed E-state index contributed by atoms with van der Waals surface area (Å²) in [6.07, 6.45) is 0. The van der Waals surface area contributed by atoms with Crippen molar-refractivity contribution in [3.05, 3.63) is 40.2 Å². The molecule has 0 fully saturated rings. The van der Waals surface area contributed by atoms with E-state index in [4.69, 9.17) is 4.74 Å². The highest BCUT2D eigenvalue weighted by atomic mass is 32.1. The molecule has 0 bridgehead atoms. The Bertz CT molecular complexity index is 605. The number of carboxylic acid groups (broad SMARTS) is 1. The first kappa shape index (κ1) is 14.7. The zero-order valence-electron chi connectivity index (χ0n) is 11.7. The van der Waals surface area contributed by atoms with E-state index in [1.807, 2.05) is 51.1 Å². The second kappa shape index (κ2) is 5.73. The van der Waals surface area contributed by atoms with Gasteiger partial charge in [0.25, 0.3) is 0 Å². The van der Waals surface area contributed by atoms with Gasteiger partial charge in [-0.15, -0.1) is 11.3 Å². The van der Waals surface area contributed by atoms with Crippen molar-refractivity contribution in [2.24, 2.45) is 0 Å². The van der Waals surface area contributed by atoms with Crippen molar-refractivity contribution in [3.8, 4) is 11.3 Å². The molecule has 1 aromatic carbocycles. The molecule has 1 heterocycles. The van der Waals surface area contributed by atoms with Gasteiger partial charge < -0.3 is 9.84 Å². The van der Waals surface area contributed by atoms with Gasteiger partial charge >= 0.3 is 5.97 Å². The number of rotatable bonds is 5. The van der Waals surface area contributed by atoms with Crippen molar-refractivity contribution in [2.45, 2.75) is 26.4 Å². The normalized spacial score (nSPS) is 11.6. The molecule has 0 spiro atoms. The molecule has 1 N–H and O–H groups in total. The lowest BCUT2D eigenvalue weighted by atomic mass is 10.1. The third-order valence-corrected chi connectivity index (χ3v) is 4.24. The fraction of sp³-hybridized carbons (Fsp3) is 0.333. The molecule has 20 heavy (non-hydrogen) atoms. The number of benzene rings is 1. The molecule has 1 aromatic heterocycles. The number of carbonyl (C=O) groups is 1. The van der Waals surface area contributed by atoms with Crippen LogP contribution in [0.5, 0.6) is 0 Å². The van der Waals surface area contributed by atoms with Gasteiger partial charge in [0.1, 0.15) is 15.5 Å². The van der Waals surface area contributed by atoms with Crippen LogP contribution >= 0.6 is 11.3 Å². The zero-order chi connectivity index (χ0) is 14.8. The maximum absolute atomic E-state index is 11.4. The van der Waals surface area contributed by atoms with Crippen molar-refractivity contribution in [2.75, 3.05) is 6.61 Å². The third kappa shape index (κ3) is 2.89. The summed E-state index contributed by atoms with van der Waals surface area (Å²) in [5.41, 5.74) is 0.724. The van der Waals surface area contributed by atoms with Crippen molar-refractivity contribution >= 4 is 17.3 Å². The van der Waals surface area contributed by atoms with Crippen molar-refractivity contribution in [3.63, 3.8) is 0 Å². The van der Waals surface area contributed by atoms with Crippen LogP contribution in [0, 0.1) is 0 Å². The fourth-order valence-electron chi connectivity index (χ4n) is 1.94. The number of hydrogen-bond donors (Lipinski definition) is 1. The molecular formula is C15H17NO3S. The average Bonchev–Trinajstić information content (AvgIpc) is 2.85. The number of carboxylic acids is 1. The molecule has 0 aliphatic carbocycles. The first-order valence-electron chi connectivity index (χ1n) is 6.39. The summed E-state index contributed by atoms with van der Waals surface area (Å²) in [5, 5.41) is 10.0. The maximum atomic E-state index is 11.4. The summed E-state index contributed by atoms with van der Waals surface area (Å²) in [6, 6.07) is 9.35. The molecule has 0 atom stereocenters. The zero-order valence-corrected chi connectivity index (χ0v) is 12.5. The third-order valence-electron chi connectivity index (χ3n) is 2.89. The quantitative estimate of drug-likeness (QED) is 0.910. The van der Waals surface area contributed by atoms with Crippen LogP contribution in [0.25, 0.3) is 11.3 Å². The summed E-state index contributed by atoms with van der Waals surface area (Å²) >= 11 is 1.17. The number of nitrogens with zero attached hydrogens (tertiary/aromatic N) is 1. The van der Waals surface area contributed by atoms with Gasteiger partial charge in [-0.1, -0.05) is 30.3 Å². The Morgan fingerprint density at radius 3 is 2.55 bits per heavy atom. The summed E-state index contributed by atoms with van der Waals surface area (Å²) in [4.78, 5) is 16.2. The molecule has 0 aliphatic rings. The highest BCUT2D eigenvalue weighted by Gasteiger charge is 2.29. The Kier molecular flexibility index (Phi) is 4.20. The van der Waals surface area contributed by atoms with Gasteiger partial charge in [0.2, 0.25) is 0 Å². The van der Waals surface area contributed by atoms with E-state index in [0.717, 1.165) is 5.56 Å². The smallest absolute Gasteiger partial charge is 0.348 e. The first-order valence-corrected chi connectivity index (χ1v) is 7.21. The Morgan fingerprint density at radius 2 is 2.00 bits per heavy atom. The lowest BCUT2D eigenvalue weighted by Gasteiger charge is -2.21. The van der Waals surface area contributed by atoms with Crippen LogP contribution in [-0.4, -0.2) is 22.7 Å². The first-order chi connectivity index (χ1) is 9.45. The number of thiazole rings is 1. The number of aromatic carboxylic acids is 1. The van der Waals surface area contributed by atoms with Crippen LogP contribution in [0.1, 0.15) is 35.5 Å². The van der Waals surface area contributed by atoms with E-state index in [9.17, 15) is 9.90 Å². The van der Waals surface area contributed by atoms with Crippen LogP contribution in [0.2, 0.25) is 0 Å².